The lowest BCUT2D eigenvalue weighted by Crippen LogP contribution is -2.68. The van der Waals surface area contributed by atoms with E-state index < -0.39 is 152 Å². The van der Waals surface area contributed by atoms with Gasteiger partial charge in [-0.1, -0.05) is 72.2 Å². The van der Waals surface area contributed by atoms with Crippen molar-refractivity contribution in [3.63, 3.8) is 0 Å². The molecule has 0 radical (unpaired) electrons. The summed E-state index contributed by atoms with van der Waals surface area (Å²) in [5, 5.41) is 109. The second kappa shape index (κ2) is 21.7. The number of phenols is 1. The highest BCUT2D eigenvalue weighted by Gasteiger charge is 2.72. The summed E-state index contributed by atoms with van der Waals surface area (Å²) in [6.07, 6.45) is -17.6. The van der Waals surface area contributed by atoms with Gasteiger partial charge in [0.2, 0.25) is 6.29 Å². The number of methoxy groups -OCH3 is 1. The summed E-state index contributed by atoms with van der Waals surface area (Å²) in [5.41, 5.74) is -1.71. The van der Waals surface area contributed by atoms with Gasteiger partial charge in [-0.15, -0.1) is 0 Å². The first-order valence-corrected chi connectivity index (χ1v) is 27.8. The molecule has 7 fully saturated rings. The van der Waals surface area contributed by atoms with Gasteiger partial charge >= 0.3 is 17.9 Å². The Bertz CT molecular complexity index is 2380. The molecule has 10 N–H and O–H groups in total. The average Bonchev–Trinajstić information content (AvgIpc) is 2.34. The summed E-state index contributed by atoms with van der Waals surface area (Å²) in [7, 11) is 1.14. The van der Waals surface area contributed by atoms with Gasteiger partial charge in [-0.2, -0.15) is 0 Å². The Morgan fingerprint density at radius 1 is 0.705 bits per heavy atom. The second-order valence-corrected chi connectivity index (χ2v) is 26.0. The molecule has 78 heavy (non-hydrogen) atoms. The van der Waals surface area contributed by atoms with Crippen LogP contribution in [0.15, 0.2) is 35.9 Å². The summed E-state index contributed by atoms with van der Waals surface area (Å²) in [6, 6.07) is 6.21. The van der Waals surface area contributed by atoms with Crippen LogP contribution in [-0.4, -0.2) is 188 Å². The lowest BCUT2D eigenvalue weighted by Gasteiger charge is -2.71. The molecule has 0 spiro atoms. The van der Waals surface area contributed by atoms with Gasteiger partial charge in [-0.3, -0.25) is 9.59 Å². The van der Waals surface area contributed by atoms with Crippen LogP contribution < -0.4 is 0 Å². The highest BCUT2D eigenvalue weighted by molar-refractivity contribution is 5.80. The predicted molar refractivity (Wildman–Crippen MR) is 271 cm³/mol. The molecule has 8 aliphatic rings. The van der Waals surface area contributed by atoms with Crippen LogP contribution in [0.1, 0.15) is 118 Å². The molecule has 1 aromatic carbocycles. The number of aliphatic hydroxyl groups excluding tert-OH is 9. The Morgan fingerprint density at radius 2 is 1.37 bits per heavy atom. The predicted octanol–water partition coefficient (Wildman–Crippen LogP) is 1.82. The molecule has 21 nitrogen and oxygen atoms in total. The highest BCUT2D eigenvalue weighted by Crippen LogP contribution is 2.76. The third kappa shape index (κ3) is 9.93. The summed E-state index contributed by atoms with van der Waals surface area (Å²) in [6.45, 7) is 14.2. The van der Waals surface area contributed by atoms with Crippen molar-refractivity contribution in [1.29, 1.82) is 0 Å². The zero-order valence-corrected chi connectivity index (χ0v) is 46.0. The number of benzene rings is 1. The number of hydrogen-bond donors (Lipinski definition) is 10. The summed E-state index contributed by atoms with van der Waals surface area (Å²) >= 11 is 0. The number of esters is 3. The molecule has 3 saturated heterocycles. The van der Waals surface area contributed by atoms with Crippen molar-refractivity contribution in [3.05, 3.63) is 41.5 Å². The van der Waals surface area contributed by atoms with Crippen LogP contribution in [0.4, 0.5) is 0 Å². The van der Waals surface area contributed by atoms with E-state index in [1.165, 1.54) is 12.1 Å². The number of fused-ring (bicyclic) bond motifs is 7. The topological polar surface area (TPSA) is 327 Å². The molecule has 438 valence electrons. The Hall–Kier alpha value is -3.39. The van der Waals surface area contributed by atoms with Crippen LogP contribution >= 0.6 is 0 Å². The highest BCUT2D eigenvalue weighted by atomic mass is 16.8. The zero-order valence-electron chi connectivity index (χ0n) is 46.0. The van der Waals surface area contributed by atoms with Crippen LogP contribution in [0.2, 0.25) is 0 Å². The molecule has 0 bridgehead atoms. The van der Waals surface area contributed by atoms with E-state index in [9.17, 15) is 60.7 Å². The monoisotopic (exact) mass is 1100 g/mol. The van der Waals surface area contributed by atoms with Gasteiger partial charge in [-0.25, -0.2) is 4.79 Å². The fourth-order valence-electron chi connectivity index (χ4n) is 16.2. The van der Waals surface area contributed by atoms with Crippen molar-refractivity contribution in [2.24, 2.45) is 50.2 Å². The first-order valence-electron chi connectivity index (χ1n) is 27.8. The van der Waals surface area contributed by atoms with Gasteiger partial charge in [0, 0.05) is 6.42 Å². The molecular weight excluding hydrogens is 1020 g/mol. The van der Waals surface area contributed by atoms with Gasteiger partial charge in [-0.05, 0) is 127 Å². The summed E-state index contributed by atoms with van der Waals surface area (Å²) < 4.78 is 47.3. The summed E-state index contributed by atoms with van der Waals surface area (Å²) in [5.74, 6) is -2.75. The third-order valence-corrected chi connectivity index (χ3v) is 20.9. The van der Waals surface area contributed by atoms with E-state index in [4.69, 9.17) is 37.9 Å². The van der Waals surface area contributed by atoms with Crippen LogP contribution in [0.25, 0.3) is 0 Å². The SMILES string of the molecule is COC(=O)[C@H]1O[C@@H](O[C@H]2CC[C@]3(C)[C@H]4CC=C5[C@@H]6CC(C)(C)CC[C@]6(C(=O)O[C@@H]6OC[C@H](O)[C@H](O[C@@H]7O[C@H](CO)[C@@H](O)[C@H](O)[C@H]7O)[C@H]6OC(=O)CCc6ccc(O)cc6)[C@H](O)C[C@@]5(C)[C@]4(C)CC[C@H]3C2(C)C)[C@H](O)[C@@H](O)[C@@H]1O. The minimum Gasteiger partial charge on any atom is -0.508 e. The van der Waals surface area contributed by atoms with Crippen LogP contribution in [0.3, 0.4) is 0 Å². The average molecular weight is 1110 g/mol. The Balaban J connectivity index is 0.991. The fraction of sp³-hybridized carbons (Fsp3) is 0.807. The standard InChI is InChI=1S/C57H84O21/c1-52(2)21-22-57(51(70)78-50-46(75-37(62)16-11-27-9-12-28(59)13-10-27)44(31(60)26-72-50)76-48-42(67)39(64)38(63)32(25-58)73-48)30(23-52)29-14-15-34-54(5)19-18-36(74-49-43(68)40(65)41(66)45(77-49)47(69)71-8)53(3,4)33(54)17-20-55(34,6)56(29,7)24-35(57)61/h9-10,12-14,30-36,38-46,48-50,58-61,63-68H,11,15-26H2,1-8H3/t30-,31-,32+,33-,34+,35+,36-,38+,39-,40-,41-,42+,43+,44-,45-,46+,48-,49+,50-,54-,55+,56+,57+/m0/s1. The number of aryl methyl sites for hydroxylation is 1. The number of ether oxygens (including phenoxy) is 8. The Labute approximate surface area is 455 Å². The number of aromatic hydroxyl groups is 1. The number of hydrogen-bond acceptors (Lipinski definition) is 21. The third-order valence-electron chi connectivity index (χ3n) is 20.9. The van der Waals surface area contributed by atoms with Crippen molar-refractivity contribution >= 4 is 17.9 Å². The molecule has 3 heterocycles. The number of carbonyl (C=O) groups is 3. The van der Waals surface area contributed by atoms with Gasteiger partial charge < -0.3 is 89.0 Å². The van der Waals surface area contributed by atoms with Crippen molar-refractivity contribution < 1.29 is 103 Å². The fourth-order valence-corrected chi connectivity index (χ4v) is 16.2. The Morgan fingerprint density at radius 3 is 2.04 bits per heavy atom. The molecule has 4 saturated carbocycles. The van der Waals surface area contributed by atoms with E-state index >= 15 is 4.79 Å². The van der Waals surface area contributed by atoms with Crippen molar-refractivity contribution in [2.75, 3.05) is 20.3 Å². The molecule has 0 aromatic heterocycles. The van der Waals surface area contributed by atoms with Crippen molar-refractivity contribution in [1.82, 2.24) is 0 Å². The number of phenolic OH excluding ortho intramolecular Hbond substituents is 1. The zero-order chi connectivity index (χ0) is 56.8. The number of carbonyl (C=O) groups excluding carboxylic acids is 3. The molecule has 21 heteroatoms. The van der Waals surface area contributed by atoms with Crippen molar-refractivity contribution in [2.45, 2.75) is 217 Å². The van der Waals surface area contributed by atoms with Gasteiger partial charge in [0.05, 0.1) is 32.5 Å². The smallest absolute Gasteiger partial charge is 0.337 e. The minimum absolute atomic E-state index is 0.0354. The number of allylic oxidation sites excluding steroid dienone is 2. The normalized spacial score (nSPS) is 46.7. The van der Waals surface area contributed by atoms with Gasteiger partial charge in [0.25, 0.3) is 0 Å². The molecule has 23 atom stereocenters. The van der Waals surface area contributed by atoms with Gasteiger partial charge in [0.15, 0.2) is 24.8 Å². The molecule has 5 aliphatic carbocycles. The molecule has 0 unspecified atom stereocenters. The summed E-state index contributed by atoms with van der Waals surface area (Å²) in [4.78, 5) is 41.9. The molecule has 9 rings (SSSR count). The maximum absolute atomic E-state index is 15.6. The number of rotatable bonds is 12. The molecule has 3 aliphatic heterocycles. The maximum Gasteiger partial charge on any atom is 0.337 e. The van der Waals surface area contributed by atoms with Crippen LogP contribution in [0.5, 0.6) is 5.75 Å². The molecule has 1 aromatic rings. The molecule has 0 amide bonds. The Kier molecular flexibility index (Phi) is 16.5. The van der Waals surface area contributed by atoms with E-state index in [2.05, 4.69) is 54.5 Å². The number of aliphatic hydroxyl groups is 9. The van der Waals surface area contributed by atoms with Crippen LogP contribution in [-0.2, 0) is 58.7 Å². The largest absolute Gasteiger partial charge is 0.508 e. The quantitative estimate of drug-likeness (QED) is 0.0618. The first-order chi connectivity index (χ1) is 36.6. The van der Waals surface area contributed by atoms with E-state index in [0.29, 0.717) is 31.2 Å². The second-order valence-electron chi connectivity index (χ2n) is 26.0. The maximum atomic E-state index is 15.6. The van der Waals surface area contributed by atoms with E-state index in [-0.39, 0.29) is 59.5 Å². The molecular formula is C57H84O21. The lowest BCUT2D eigenvalue weighted by molar-refractivity contribution is -0.347. The van der Waals surface area contributed by atoms with Gasteiger partial charge in [0.1, 0.15) is 66.1 Å². The van der Waals surface area contributed by atoms with E-state index in [1.54, 1.807) is 12.1 Å². The van der Waals surface area contributed by atoms with Crippen molar-refractivity contribution in [3.8, 4) is 5.75 Å². The minimum atomic E-state index is -1.90. The lowest BCUT2D eigenvalue weighted by atomic mass is 9.33. The first kappa shape index (κ1) is 59.2. The van der Waals surface area contributed by atoms with E-state index in [0.717, 1.165) is 31.9 Å². The van der Waals surface area contributed by atoms with E-state index in [1.807, 2.05) is 0 Å². The van der Waals surface area contributed by atoms with Crippen LogP contribution in [0, 0.1) is 50.2 Å².